The number of hydrogen-bond acceptors (Lipinski definition) is 3. The van der Waals surface area contributed by atoms with Crippen molar-refractivity contribution >= 4 is 11.9 Å². The molecule has 1 aliphatic carbocycles. The highest BCUT2D eigenvalue weighted by molar-refractivity contribution is 5.98. The summed E-state index contributed by atoms with van der Waals surface area (Å²) < 4.78 is 5.15. The molecule has 0 saturated heterocycles. The van der Waals surface area contributed by atoms with Gasteiger partial charge >= 0.3 is 11.9 Å². The van der Waals surface area contributed by atoms with E-state index in [0.29, 0.717) is 11.5 Å². The van der Waals surface area contributed by atoms with E-state index in [-0.39, 0.29) is 17.8 Å². The molecule has 0 aliphatic heterocycles. The third-order valence-electron chi connectivity index (χ3n) is 5.03. The average Bonchev–Trinajstić information content (AvgIpc) is 2.44. The van der Waals surface area contributed by atoms with Crippen LogP contribution in [-0.4, -0.2) is 11.9 Å². The number of ether oxygens (including phenoxy) is 1. The molecular weight excluding hydrogens is 264 g/mol. The highest BCUT2D eigenvalue weighted by Gasteiger charge is 2.34. The van der Waals surface area contributed by atoms with Crippen LogP contribution in [0.25, 0.3) is 0 Å². The number of rotatable bonds is 2. The molecule has 0 N–H and O–H groups in total. The fraction of sp³-hybridized carbons (Fsp3) is 0.556. The maximum absolute atomic E-state index is 12.3. The van der Waals surface area contributed by atoms with Crippen molar-refractivity contribution in [2.24, 2.45) is 17.8 Å². The molecule has 0 aromatic heterocycles. The van der Waals surface area contributed by atoms with Crippen molar-refractivity contribution in [2.45, 2.75) is 47.0 Å². The Morgan fingerprint density at radius 2 is 1.86 bits per heavy atom. The second kappa shape index (κ2) is 6.42. The first-order valence-corrected chi connectivity index (χ1v) is 7.74. The maximum atomic E-state index is 12.3. The monoisotopic (exact) mass is 288 g/mol. The van der Waals surface area contributed by atoms with Gasteiger partial charge in [-0.15, -0.1) is 0 Å². The first-order chi connectivity index (χ1) is 9.91. The predicted molar refractivity (Wildman–Crippen MR) is 82.0 cm³/mol. The molecule has 0 heterocycles. The molecule has 0 radical (unpaired) electrons. The molecule has 3 heteroatoms. The van der Waals surface area contributed by atoms with Crippen molar-refractivity contribution in [1.82, 2.24) is 0 Å². The lowest BCUT2D eigenvalue weighted by Gasteiger charge is -2.32. The number of carbonyl (C=O) groups is 2. The van der Waals surface area contributed by atoms with E-state index in [1.165, 1.54) is 0 Å². The molecule has 0 amide bonds. The summed E-state index contributed by atoms with van der Waals surface area (Å²) >= 11 is 0. The van der Waals surface area contributed by atoms with Crippen LogP contribution in [0.3, 0.4) is 0 Å². The van der Waals surface area contributed by atoms with Crippen LogP contribution in [0.1, 0.15) is 54.6 Å². The summed E-state index contributed by atoms with van der Waals surface area (Å²) in [7, 11) is 0. The SMILES string of the molecule is Cc1cccc(C(=O)OC(=O)C2CCCC(C)C2C)c1C. The second-order valence-corrected chi connectivity index (χ2v) is 6.33. The molecule has 1 aliphatic rings. The van der Waals surface area contributed by atoms with Gasteiger partial charge in [-0.2, -0.15) is 0 Å². The van der Waals surface area contributed by atoms with E-state index in [0.717, 1.165) is 30.4 Å². The van der Waals surface area contributed by atoms with Gasteiger partial charge < -0.3 is 4.74 Å². The molecule has 1 aromatic rings. The third-order valence-corrected chi connectivity index (χ3v) is 5.03. The molecule has 1 aromatic carbocycles. The summed E-state index contributed by atoms with van der Waals surface area (Å²) in [5.74, 6) is -0.251. The van der Waals surface area contributed by atoms with Gasteiger partial charge in [0.2, 0.25) is 0 Å². The van der Waals surface area contributed by atoms with Crippen molar-refractivity contribution < 1.29 is 14.3 Å². The Bertz CT molecular complexity index is 547. The lowest BCUT2D eigenvalue weighted by Crippen LogP contribution is -2.33. The molecule has 114 valence electrons. The van der Waals surface area contributed by atoms with Gasteiger partial charge in [0, 0.05) is 0 Å². The highest BCUT2D eigenvalue weighted by Crippen LogP contribution is 2.35. The normalized spacial score (nSPS) is 25.4. The Labute approximate surface area is 126 Å². The van der Waals surface area contributed by atoms with Crippen LogP contribution >= 0.6 is 0 Å². The molecule has 1 fully saturated rings. The number of hydrogen-bond donors (Lipinski definition) is 0. The minimum atomic E-state index is -0.522. The zero-order valence-corrected chi connectivity index (χ0v) is 13.3. The molecule has 0 spiro atoms. The van der Waals surface area contributed by atoms with Crippen LogP contribution in [0.15, 0.2) is 18.2 Å². The maximum Gasteiger partial charge on any atom is 0.346 e. The molecule has 0 bridgehead atoms. The van der Waals surface area contributed by atoms with Gasteiger partial charge in [-0.1, -0.05) is 38.8 Å². The lowest BCUT2D eigenvalue weighted by atomic mass is 9.74. The fourth-order valence-electron chi connectivity index (χ4n) is 3.11. The summed E-state index contributed by atoms with van der Waals surface area (Å²) in [5.41, 5.74) is 2.39. The van der Waals surface area contributed by atoms with Crippen molar-refractivity contribution in [1.29, 1.82) is 0 Å². The molecule has 2 rings (SSSR count). The Morgan fingerprint density at radius 3 is 2.57 bits per heavy atom. The van der Waals surface area contributed by atoms with Gasteiger partial charge in [0.1, 0.15) is 0 Å². The Morgan fingerprint density at radius 1 is 1.14 bits per heavy atom. The first-order valence-electron chi connectivity index (χ1n) is 7.74. The van der Waals surface area contributed by atoms with Crippen molar-refractivity contribution in [3.8, 4) is 0 Å². The zero-order chi connectivity index (χ0) is 15.6. The topological polar surface area (TPSA) is 43.4 Å². The molecule has 21 heavy (non-hydrogen) atoms. The van der Waals surface area contributed by atoms with Crippen LogP contribution in [-0.2, 0) is 9.53 Å². The van der Waals surface area contributed by atoms with E-state index < -0.39 is 5.97 Å². The largest absolute Gasteiger partial charge is 0.389 e. The van der Waals surface area contributed by atoms with E-state index >= 15 is 0 Å². The van der Waals surface area contributed by atoms with E-state index in [2.05, 4.69) is 13.8 Å². The lowest BCUT2D eigenvalue weighted by molar-refractivity contribution is -0.146. The number of benzene rings is 1. The Balaban J connectivity index is 2.09. The standard InChI is InChI=1S/C18H24O3/c1-11-7-5-9-15(13(11)3)17(19)21-18(20)16-10-6-8-12(2)14(16)4/h5,7,9,12,14,16H,6,8,10H2,1-4H3. The van der Waals surface area contributed by atoms with Gasteiger partial charge in [-0.05, 0) is 49.3 Å². The van der Waals surface area contributed by atoms with E-state index in [1.807, 2.05) is 26.0 Å². The number of esters is 2. The second-order valence-electron chi connectivity index (χ2n) is 6.33. The van der Waals surface area contributed by atoms with Gasteiger partial charge in [0.25, 0.3) is 0 Å². The van der Waals surface area contributed by atoms with Crippen LogP contribution in [0.5, 0.6) is 0 Å². The zero-order valence-electron chi connectivity index (χ0n) is 13.3. The molecular formula is C18H24O3. The minimum absolute atomic E-state index is 0.150. The molecule has 3 nitrogen and oxygen atoms in total. The summed E-state index contributed by atoms with van der Waals surface area (Å²) in [6.07, 6.45) is 3.00. The van der Waals surface area contributed by atoms with Crippen molar-refractivity contribution in [3.63, 3.8) is 0 Å². The molecule has 3 atom stereocenters. The Kier molecular flexibility index (Phi) is 4.81. The molecule has 3 unspecified atom stereocenters. The van der Waals surface area contributed by atoms with Gasteiger partial charge in [0.15, 0.2) is 0 Å². The minimum Gasteiger partial charge on any atom is -0.389 e. The summed E-state index contributed by atoms with van der Waals surface area (Å²) in [4.78, 5) is 24.5. The van der Waals surface area contributed by atoms with Gasteiger partial charge in [-0.3, -0.25) is 4.79 Å². The number of carbonyl (C=O) groups excluding carboxylic acids is 2. The van der Waals surface area contributed by atoms with Crippen molar-refractivity contribution in [2.75, 3.05) is 0 Å². The van der Waals surface area contributed by atoms with E-state index in [4.69, 9.17) is 4.74 Å². The summed E-state index contributed by atoms with van der Waals surface area (Å²) in [6, 6.07) is 5.47. The van der Waals surface area contributed by atoms with Crippen LogP contribution in [0.4, 0.5) is 0 Å². The third kappa shape index (κ3) is 3.34. The molecule has 1 saturated carbocycles. The van der Waals surface area contributed by atoms with Crippen LogP contribution in [0, 0.1) is 31.6 Å². The first kappa shape index (κ1) is 15.7. The van der Waals surface area contributed by atoms with Crippen LogP contribution < -0.4 is 0 Å². The van der Waals surface area contributed by atoms with E-state index in [9.17, 15) is 9.59 Å². The Hall–Kier alpha value is -1.64. The average molecular weight is 288 g/mol. The highest BCUT2D eigenvalue weighted by atomic mass is 16.6. The van der Waals surface area contributed by atoms with Gasteiger partial charge in [0.05, 0.1) is 11.5 Å². The summed E-state index contributed by atoms with van der Waals surface area (Å²) in [5, 5.41) is 0. The van der Waals surface area contributed by atoms with Gasteiger partial charge in [-0.25, -0.2) is 4.79 Å². The summed E-state index contributed by atoms with van der Waals surface area (Å²) in [6.45, 7) is 8.06. The smallest absolute Gasteiger partial charge is 0.346 e. The fourth-order valence-corrected chi connectivity index (χ4v) is 3.11. The van der Waals surface area contributed by atoms with Crippen LogP contribution in [0.2, 0.25) is 0 Å². The number of aryl methyl sites for hydroxylation is 1. The quantitative estimate of drug-likeness (QED) is 0.609. The predicted octanol–water partition coefficient (Wildman–Crippen LogP) is 4.06. The van der Waals surface area contributed by atoms with Crippen molar-refractivity contribution in [3.05, 3.63) is 34.9 Å². The van der Waals surface area contributed by atoms with E-state index in [1.54, 1.807) is 6.07 Å².